The molecule has 3 unspecified atom stereocenters. The van der Waals surface area contributed by atoms with Crippen LogP contribution >= 0.6 is 0 Å². The SMILES string of the molecule is COc1ccc(OC)c(C(=O)N2CC3CCCC(N)C3C2)c1. The van der Waals surface area contributed by atoms with Gasteiger partial charge in [-0.3, -0.25) is 4.79 Å². The van der Waals surface area contributed by atoms with E-state index in [0.717, 1.165) is 19.5 Å². The number of carbonyl (C=O) groups is 1. The third kappa shape index (κ3) is 2.65. The largest absolute Gasteiger partial charge is 0.497 e. The highest BCUT2D eigenvalue weighted by Crippen LogP contribution is 2.37. The average Bonchev–Trinajstić information content (AvgIpc) is 2.99. The molecule has 1 aliphatic carbocycles. The summed E-state index contributed by atoms with van der Waals surface area (Å²) in [5.74, 6) is 2.25. The normalized spacial score (nSPS) is 27.4. The van der Waals surface area contributed by atoms with Crippen molar-refractivity contribution in [1.82, 2.24) is 4.90 Å². The van der Waals surface area contributed by atoms with Gasteiger partial charge in [0.15, 0.2) is 0 Å². The number of hydrogen-bond donors (Lipinski definition) is 1. The molecule has 0 bridgehead atoms. The predicted molar refractivity (Wildman–Crippen MR) is 84.3 cm³/mol. The molecule has 0 spiro atoms. The highest BCUT2D eigenvalue weighted by atomic mass is 16.5. The van der Waals surface area contributed by atoms with Gasteiger partial charge in [-0.15, -0.1) is 0 Å². The highest BCUT2D eigenvalue weighted by Gasteiger charge is 2.40. The third-order valence-electron chi connectivity index (χ3n) is 5.08. The molecule has 120 valence electrons. The predicted octanol–water partition coefficient (Wildman–Crippen LogP) is 1.90. The Bertz CT molecular complexity index is 561. The molecule has 3 rings (SSSR count). The summed E-state index contributed by atoms with van der Waals surface area (Å²) in [5, 5.41) is 0. The molecule has 0 radical (unpaired) electrons. The molecule has 1 aromatic rings. The number of rotatable bonds is 3. The first kappa shape index (κ1) is 15.2. The first-order chi connectivity index (χ1) is 10.6. The number of nitrogens with zero attached hydrogens (tertiary/aromatic N) is 1. The van der Waals surface area contributed by atoms with Crippen LogP contribution in [0.15, 0.2) is 18.2 Å². The minimum atomic E-state index is 0.0114. The quantitative estimate of drug-likeness (QED) is 0.926. The van der Waals surface area contributed by atoms with Crippen molar-refractivity contribution >= 4 is 5.91 Å². The summed E-state index contributed by atoms with van der Waals surface area (Å²) >= 11 is 0. The van der Waals surface area contributed by atoms with Crippen LogP contribution in [0.2, 0.25) is 0 Å². The van der Waals surface area contributed by atoms with Crippen molar-refractivity contribution in [3.8, 4) is 11.5 Å². The van der Waals surface area contributed by atoms with Crippen molar-refractivity contribution in [2.45, 2.75) is 25.3 Å². The lowest BCUT2D eigenvalue weighted by Gasteiger charge is -2.29. The molecular formula is C17H24N2O3. The van der Waals surface area contributed by atoms with Crippen LogP contribution in [0.3, 0.4) is 0 Å². The molecular weight excluding hydrogens is 280 g/mol. The highest BCUT2D eigenvalue weighted by molar-refractivity contribution is 5.97. The molecule has 5 nitrogen and oxygen atoms in total. The number of likely N-dealkylation sites (tertiary alicyclic amines) is 1. The van der Waals surface area contributed by atoms with Crippen molar-refractivity contribution in [2.24, 2.45) is 17.6 Å². The summed E-state index contributed by atoms with van der Waals surface area (Å²) < 4.78 is 10.6. The van der Waals surface area contributed by atoms with E-state index in [1.165, 1.54) is 12.8 Å². The fourth-order valence-corrected chi connectivity index (χ4v) is 3.83. The summed E-state index contributed by atoms with van der Waals surface area (Å²) in [7, 11) is 3.18. The summed E-state index contributed by atoms with van der Waals surface area (Å²) in [6.45, 7) is 1.56. The van der Waals surface area contributed by atoms with E-state index in [9.17, 15) is 4.79 Å². The van der Waals surface area contributed by atoms with E-state index in [4.69, 9.17) is 15.2 Å². The summed E-state index contributed by atoms with van der Waals surface area (Å²) in [6, 6.07) is 5.56. The van der Waals surface area contributed by atoms with E-state index in [1.54, 1.807) is 32.4 Å². The van der Waals surface area contributed by atoms with Gasteiger partial charge in [-0.2, -0.15) is 0 Å². The first-order valence-corrected chi connectivity index (χ1v) is 7.91. The van der Waals surface area contributed by atoms with Crippen molar-refractivity contribution in [3.05, 3.63) is 23.8 Å². The minimum Gasteiger partial charge on any atom is -0.497 e. The van der Waals surface area contributed by atoms with Gasteiger partial charge in [-0.25, -0.2) is 0 Å². The number of amides is 1. The Labute approximate surface area is 131 Å². The first-order valence-electron chi connectivity index (χ1n) is 7.91. The van der Waals surface area contributed by atoms with Gasteiger partial charge < -0.3 is 20.1 Å². The second-order valence-corrected chi connectivity index (χ2v) is 6.30. The maximum absolute atomic E-state index is 12.9. The van der Waals surface area contributed by atoms with Gasteiger partial charge in [-0.1, -0.05) is 6.42 Å². The molecule has 1 saturated carbocycles. The number of hydrogen-bond acceptors (Lipinski definition) is 4. The summed E-state index contributed by atoms with van der Waals surface area (Å²) in [5.41, 5.74) is 6.80. The molecule has 2 aliphatic rings. The molecule has 1 heterocycles. The zero-order chi connectivity index (χ0) is 15.7. The Morgan fingerprint density at radius 3 is 2.73 bits per heavy atom. The second-order valence-electron chi connectivity index (χ2n) is 6.30. The molecule has 1 aliphatic heterocycles. The Kier molecular flexibility index (Phi) is 4.25. The van der Waals surface area contributed by atoms with Crippen molar-refractivity contribution in [2.75, 3.05) is 27.3 Å². The van der Waals surface area contributed by atoms with Gasteiger partial charge in [0.05, 0.1) is 19.8 Å². The molecule has 1 aromatic carbocycles. The maximum Gasteiger partial charge on any atom is 0.257 e. The fourth-order valence-electron chi connectivity index (χ4n) is 3.83. The van der Waals surface area contributed by atoms with Crippen LogP contribution in [0.1, 0.15) is 29.6 Å². The minimum absolute atomic E-state index is 0.0114. The van der Waals surface area contributed by atoms with Gasteiger partial charge in [0.2, 0.25) is 0 Å². The lowest BCUT2D eigenvalue weighted by atomic mass is 9.78. The smallest absolute Gasteiger partial charge is 0.257 e. The molecule has 3 atom stereocenters. The van der Waals surface area contributed by atoms with E-state index in [-0.39, 0.29) is 11.9 Å². The van der Waals surface area contributed by atoms with Gasteiger partial charge in [0.1, 0.15) is 11.5 Å². The third-order valence-corrected chi connectivity index (χ3v) is 5.08. The van der Waals surface area contributed by atoms with Crippen LogP contribution in [0.4, 0.5) is 0 Å². The maximum atomic E-state index is 12.9. The Hall–Kier alpha value is -1.75. The monoisotopic (exact) mass is 304 g/mol. The molecule has 2 N–H and O–H groups in total. The van der Waals surface area contributed by atoms with Crippen molar-refractivity contribution < 1.29 is 14.3 Å². The van der Waals surface area contributed by atoms with E-state index < -0.39 is 0 Å². The van der Waals surface area contributed by atoms with Crippen LogP contribution in [0.25, 0.3) is 0 Å². The number of methoxy groups -OCH3 is 2. The topological polar surface area (TPSA) is 64.8 Å². The van der Waals surface area contributed by atoms with E-state index in [2.05, 4.69) is 0 Å². The number of fused-ring (bicyclic) bond motifs is 1. The molecule has 22 heavy (non-hydrogen) atoms. The zero-order valence-corrected chi connectivity index (χ0v) is 13.2. The number of nitrogens with two attached hydrogens (primary N) is 1. The number of ether oxygens (including phenoxy) is 2. The van der Waals surface area contributed by atoms with E-state index >= 15 is 0 Å². The number of benzene rings is 1. The van der Waals surface area contributed by atoms with Gasteiger partial charge in [0.25, 0.3) is 5.91 Å². The van der Waals surface area contributed by atoms with Gasteiger partial charge in [-0.05, 0) is 42.9 Å². The standard InChI is InChI=1S/C17H24N2O3/c1-21-12-6-7-16(22-2)13(8-12)17(20)19-9-11-4-3-5-15(18)14(11)10-19/h6-8,11,14-15H,3-5,9-10,18H2,1-2H3. The zero-order valence-electron chi connectivity index (χ0n) is 13.2. The Morgan fingerprint density at radius 2 is 2.05 bits per heavy atom. The van der Waals surface area contributed by atoms with Crippen LogP contribution in [-0.2, 0) is 0 Å². The van der Waals surface area contributed by atoms with Crippen LogP contribution in [0.5, 0.6) is 11.5 Å². The van der Waals surface area contributed by atoms with Crippen LogP contribution < -0.4 is 15.2 Å². The van der Waals surface area contributed by atoms with Gasteiger partial charge >= 0.3 is 0 Å². The van der Waals surface area contributed by atoms with Crippen molar-refractivity contribution in [1.29, 1.82) is 0 Å². The van der Waals surface area contributed by atoms with Crippen LogP contribution in [0, 0.1) is 11.8 Å². The van der Waals surface area contributed by atoms with Gasteiger partial charge in [0, 0.05) is 19.1 Å². The summed E-state index contributed by atoms with van der Waals surface area (Å²) in [6.07, 6.45) is 3.43. The fraction of sp³-hybridized carbons (Fsp3) is 0.588. The Balaban J connectivity index is 1.82. The van der Waals surface area contributed by atoms with E-state index in [0.29, 0.717) is 28.9 Å². The molecule has 1 amide bonds. The van der Waals surface area contributed by atoms with E-state index in [1.807, 2.05) is 4.90 Å². The molecule has 1 saturated heterocycles. The average molecular weight is 304 g/mol. The van der Waals surface area contributed by atoms with Crippen molar-refractivity contribution in [3.63, 3.8) is 0 Å². The second kappa shape index (κ2) is 6.16. The Morgan fingerprint density at radius 1 is 1.23 bits per heavy atom. The number of carbonyl (C=O) groups excluding carboxylic acids is 1. The van der Waals surface area contributed by atoms with Crippen LogP contribution in [-0.4, -0.2) is 44.2 Å². The lowest BCUT2D eigenvalue weighted by Crippen LogP contribution is -2.38. The molecule has 0 aromatic heterocycles. The molecule has 2 fully saturated rings. The lowest BCUT2D eigenvalue weighted by molar-refractivity contribution is 0.0779. The summed E-state index contributed by atoms with van der Waals surface area (Å²) in [4.78, 5) is 14.8. The molecule has 5 heteroatoms.